The van der Waals surface area contributed by atoms with Gasteiger partial charge in [0.15, 0.2) is 11.9 Å². The summed E-state index contributed by atoms with van der Waals surface area (Å²) in [6.45, 7) is 5.13. The number of primary amides is 2. The van der Waals surface area contributed by atoms with Crippen LogP contribution in [0.2, 0.25) is 0 Å². The Morgan fingerprint density at radius 2 is 1.05 bits per heavy atom. The van der Waals surface area contributed by atoms with E-state index in [1.54, 1.807) is 93.6 Å². The van der Waals surface area contributed by atoms with Crippen molar-refractivity contribution in [2.75, 3.05) is 19.6 Å². The molecule has 8 atom stereocenters. The smallest absolute Gasteiger partial charge is 0.245 e. The molecule has 1 aliphatic rings. The molecule has 1 fully saturated rings. The number of hydrogen-bond acceptors (Lipinski definition) is 13. The molecule has 3 aromatic rings. The number of benzene rings is 3. The van der Waals surface area contributed by atoms with E-state index >= 15 is 0 Å². The largest absolute Gasteiger partial charge is 0.508 e. The molecule has 27 nitrogen and oxygen atoms in total. The van der Waals surface area contributed by atoms with Crippen LogP contribution in [-0.4, -0.2) is 149 Å². The van der Waals surface area contributed by atoms with Crippen LogP contribution in [0.4, 0.5) is 0 Å². The molecule has 83 heavy (non-hydrogen) atoms. The molecule has 0 radical (unpaired) electrons. The van der Waals surface area contributed by atoms with Crippen LogP contribution in [0.1, 0.15) is 88.8 Å². The summed E-state index contributed by atoms with van der Waals surface area (Å²) in [5.41, 5.74) is 34.8. The normalized spacial score (nSPS) is 15.3. The lowest BCUT2D eigenvalue weighted by Gasteiger charge is -2.31. The molecule has 20 N–H and O–H groups in total. The zero-order valence-electron chi connectivity index (χ0n) is 47.0. The molecule has 10 amide bonds. The monoisotopic (exact) mass is 1150 g/mol. The number of phenols is 1. The molecule has 4 rings (SSSR count). The second-order valence-corrected chi connectivity index (χ2v) is 20.4. The average molecular weight is 1150 g/mol. The number of amides is 10. The fourth-order valence-corrected chi connectivity index (χ4v) is 9.11. The van der Waals surface area contributed by atoms with Crippen LogP contribution < -0.4 is 71.6 Å². The Labute approximate surface area is 481 Å². The van der Waals surface area contributed by atoms with Gasteiger partial charge >= 0.3 is 0 Å². The van der Waals surface area contributed by atoms with Crippen molar-refractivity contribution in [3.63, 3.8) is 0 Å². The van der Waals surface area contributed by atoms with Gasteiger partial charge in [0, 0.05) is 32.5 Å². The van der Waals surface area contributed by atoms with Crippen LogP contribution in [0.15, 0.2) is 94.9 Å². The van der Waals surface area contributed by atoms with E-state index in [-0.39, 0.29) is 95.1 Å². The molecule has 0 saturated carbocycles. The quantitative estimate of drug-likeness (QED) is 0.0168. The van der Waals surface area contributed by atoms with Gasteiger partial charge in [-0.1, -0.05) is 93.6 Å². The van der Waals surface area contributed by atoms with Crippen LogP contribution in [0.5, 0.6) is 5.75 Å². The third-order valence-corrected chi connectivity index (χ3v) is 13.5. The first-order chi connectivity index (χ1) is 39.4. The summed E-state index contributed by atoms with van der Waals surface area (Å²) < 4.78 is 0. The van der Waals surface area contributed by atoms with Crippen molar-refractivity contribution >= 4 is 71.0 Å². The van der Waals surface area contributed by atoms with Crippen LogP contribution in [0.3, 0.4) is 0 Å². The number of nitrogens with one attached hydrogen (secondary N) is 7. The summed E-state index contributed by atoms with van der Waals surface area (Å²) in [5.74, 6) is -8.96. The van der Waals surface area contributed by atoms with E-state index in [1.807, 2.05) is 0 Å². The van der Waals surface area contributed by atoms with Gasteiger partial charge in [-0.2, -0.15) is 0 Å². The SMILES string of the molecule is CC[C@H](NC(=O)[C@H](CC(N)=O)NC(=O)[C@@H](NC(=O)[C@H](Cc1ccccc1)NC(=O)[C@@H](Cc1ccc(O)cc1)NC(=O)Cc1ccccc1)C(C)C)C(=O)N1CCC[C@H]1C(=O)N[C@@H](CCCN=C(N)N)C(=O)N[C@@H](CCCN=C(N)N)C(N)=O. The van der Waals surface area contributed by atoms with Crippen molar-refractivity contribution in [2.45, 2.75) is 140 Å². The Hall–Kier alpha value is -9.30. The second kappa shape index (κ2) is 33.5. The maximum atomic E-state index is 14.4. The number of phenolic OH excluding ortho intramolecular Hbond substituents is 1. The Balaban J connectivity index is 1.51. The summed E-state index contributed by atoms with van der Waals surface area (Å²) >= 11 is 0. The minimum Gasteiger partial charge on any atom is -0.508 e. The summed E-state index contributed by atoms with van der Waals surface area (Å²) in [7, 11) is 0. The maximum absolute atomic E-state index is 14.4. The molecule has 0 aromatic heterocycles. The van der Waals surface area contributed by atoms with Crippen molar-refractivity contribution in [3.8, 4) is 5.75 Å². The molecule has 0 spiro atoms. The summed E-state index contributed by atoms with van der Waals surface area (Å²) in [6, 6.07) is 13.2. The van der Waals surface area contributed by atoms with E-state index in [9.17, 15) is 53.1 Å². The number of rotatable bonds is 33. The van der Waals surface area contributed by atoms with Gasteiger partial charge in [0.2, 0.25) is 59.1 Å². The highest BCUT2D eigenvalue weighted by Gasteiger charge is 2.40. The fraction of sp³-hybridized carbons (Fsp3) is 0.464. The van der Waals surface area contributed by atoms with Gasteiger partial charge in [0.1, 0.15) is 54.1 Å². The molecule has 450 valence electrons. The summed E-state index contributed by atoms with van der Waals surface area (Å²) in [5, 5.41) is 28.5. The van der Waals surface area contributed by atoms with Crippen LogP contribution >= 0.6 is 0 Å². The van der Waals surface area contributed by atoms with Crippen molar-refractivity contribution < 1.29 is 53.1 Å². The van der Waals surface area contributed by atoms with Gasteiger partial charge in [-0.15, -0.1) is 0 Å². The van der Waals surface area contributed by atoms with Gasteiger partial charge in [0.25, 0.3) is 0 Å². The Kier molecular flexibility index (Phi) is 26.7. The third kappa shape index (κ3) is 22.6. The number of carbonyl (C=O) groups is 10. The third-order valence-electron chi connectivity index (χ3n) is 13.5. The topological polar surface area (TPSA) is 459 Å². The van der Waals surface area contributed by atoms with E-state index in [0.717, 1.165) is 0 Å². The van der Waals surface area contributed by atoms with Gasteiger partial charge in [-0.05, 0) is 79.7 Å². The molecule has 1 heterocycles. The van der Waals surface area contributed by atoms with Gasteiger partial charge in [-0.25, -0.2) is 0 Å². The zero-order valence-corrected chi connectivity index (χ0v) is 47.0. The molecule has 1 saturated heterocycles. The minimum absolute atomic E-state index is 0.00152. The zero-order chi connectivity index (χ0) is 61.2. The Bertz CT molecular complexity index is 2760. The first-order valence-electron chi connectivity index (χ1n) is 27.4. The summed E-state index contributed by atoms with van der Waals surface area (Å²) in [6.07, 6.45) is 0.193. The van der Waals surface area contributed by atoms with Gasteiger partial charge in [0.05, 0.1) is 12.8 Å². The number of guanidine groups is 2. The van der Waals surface area contributed by atoms with Crippen molar-refractivity contribution in [3.05, 3.63) is 102 Å². The van der Waals surface area contributed by atoms with E-state index in [1.165, 1.54) is 17.0 Å². The number of aromatic hydroxyl groups is 1. The number of aliphatic imine (C=N–C) groups is 2. The van der Waals surface area contributed by atoms with Crippen molar-refractivity contribution in [1.29, 1.82) is 0 Å². The lowest BCUT2D eigenvalue weighted by Crippen LogP contribution is -2.61. The second-order valence-electron chi connectivity index (χ2n) is 20.4. The highest BCUT2D eigenvalue weighted by Crippen LogP contribution is 2.21. The molecule has 3 aromatic carbocycles. The Morgan fingerprint density at radius 3 is 1.59 bits per heavy atom. The molecule has 0 bridgehead atoms. The highest BCUT2D eigenvalue weighted by molar-refractivity contribution is 5.99. The molecular formula is C56H80N16O11. The number of nitrogens with two attached hydrogens (primary N) is 6. The molecule has 0 unspecified atom stereocenters. The lowest BCUT2D eigenvalue weighted by atomic mass is 9.99. The molecule has 27 heteroatoms. The number of carbonyl (C=O) groups excluding carboxylic acids is 10. The van der Waals surface area contributed by atoms with Gasteiger partial charge in [-0.3, -0.25) is 57.9 Å². The standard InChI is InChI=1S/C56H80N16O11/c1-4-37(54(83)72-27-13-20-43(72)52(81)68-39(19-12-26-64-56(61)62)48(77)67-38(47(58)76)18-11-25-63-55(59)60)66-50(79)42(31-44(57)74)70-53(82)46(32(2)3)71-51(80)41(28-33-14-7-5-8-15-33)69-49(78)40(29-35-21-23-36(73)24-22-35)65-45(75)30-34-16-9-6-10-17-34/h5-10,14-17,21-24,32,37-43,46,73H,4,11-13,18-20,25-31H2,1-3H3,(H2,57,74)(H2,58,76)(H,65,75)(H,66,79)(H,67,77)(H,68,81)(H,69,78)(H,70,82)(H,71,80)(H4,59,60,63)(H4,61,62,64)/t37-,38-,39-,40+,41-,42-,43-,46-/m0/s1. The van der Waals surface area contributed by atoms with E-state index in [2.05, 4.69) is 47.2 Å². The average Bonchev–Trinajstić information content (AvgIpc) is 4.20. The number of hydrogen-bond donors (Lipinski definition) is 14. The van der Waals surface area contributed by atoms with Crippen LogP contribution in [0, 0.1) is 5.92 Å². The first-order valence-corrected chi connectivity index (χ1v) is 27.4. The molecular weight excluding hydrogens is 1070 g/mol. The lowest BCUT2D eigenvalue weighted by molar-refractivity contribution is -0.143. The van der Waals surface area contributed by atoms with Crippen LogP contribution in [0.25, 0.3) is 0 Å². The maximum Gasteiger partial charge on any atom is 0.245 e. The van der Waals surface area contributed by atoms with E-state index in [4.69, 9.17) is 34.4 Å². The van der Waals surface area contributed by atoms with Crippen molar-refractivity contribution in [2.24, 2.45) is 50.3 Å². The predicted molar refractivity (Wildman–Crippen MR) is 308 cm³/mol. The number of nitrogens with zero attached hydrogens (tertiary/aromatic N) is 3. The predicted octanol–water partition coefficient (Wildman–Crippen LogP) is -2.66. The van der Waals surface area contributed by atoms with Crippen molar-refractivity contribution in [1.82, 2.24) is 42.1 Å². The van der Waals surface area contributed by atoms with Crippen LogP contribution in [-0.2, 0) is 67.2 Å². The summed E-state index contributed by atoms with van der Waals surface area (Å²) in [4.78, 5) is 146. The molecule has 1 aliphatic heterocycles. The van der Waals surface area contributed by atoms with E-state index in [0.29, 0.717) is 23.1 Å². The number of likely N-dealkylation sites (tertiary alicyclic amines) is 1. The fourth-order valence-electron chi connectivity index (χ4n) is 9.11. The Morgan fingerprint density at radius 1 is 0.566 bits per heavy atom. The minimum atomic E-state index is -1.67. The highest BCUT2D eigenvalue weighted by atomic mass is 16.3. The van der Waals surface area contributed by atoms with Gasteiger partial charge < -0.3 is 81.6 Å². The van der Waals surface area contributed by atoms with E-state index < -0.39 is 120 Å². The molecule has 0 aliphatic carbocycles. The first kappa shape index (κ1) is 66.2.